The Kier molecular flexibility index (Phi) is 6.74. The van der Waals surface area contributed by atoms with E-state index in [2.05, 4.69) is 10.8 Å². The molecule has 0 bridgehead atoms. The maximum atomic E-state index is 10.8. The van der Waals surface area contributed by atoms with E-state index >= 15 is 0 Å². The highest BCUT2D eigenvalue weighted by Crippen LogP contribution is 2.13. The minimum atomic E-state index is -0.190. The number of hydrogen-bond donors (Lipinski definition) is 0. The number of hydrogen-bond acceptors (Lipinski definition) is 5. The van der Waals surface area contributed by atoms with E-state index in [0.717, 1.165) is 11.5 Å². The number of thioether (sulfide) groups is 1. The lowest BCUT2D eigenvalue weighted by Crippen LogP contribution is -2.04. The van der Waals surface area contributed by atoms with E-state index in [4.69, 9.17) is 10.00 Å². The van der Waals surface area contributed by atoms with Crippen LogP contribution in [0.1, 0.15) is 12.0 Å². The predicted molar refractivity (Wildman–Crippen MR) is 70.6 cm³/mol. The molecule has 0 aromatic heterocycles. The summed E-state index contributed by atoms with van der Waals surface area (Å²) in [5.74, 6) is 2.04. The quantitative estimate of drug-likeness (QED) is 0.559. The molecular weight excluding hydrogens is 250 g/mol. The zero-order chi connectivity index (χ0) is 13.2. The van der Waals surface area contributed by atoms with Gasteiger partial charge in [-0.05, 0) is 18.2 Å². The number of carbonyl (C=O) groups is 1. The van der Waals surface area contributed by atoms with Gasteiger partial charge in [-0.1, -0.05) is 6.07 Å². The number of methoxy groups -OCH3 is 1. The van der Waals surface area contributed by atoms with Gasteiger partial charge in [-0.15, -0.1) is 0 Å². The third kappa shape index (κ3) is 5.60. The van der Waals surface area contributed by atoms with E-state index in [1.807, 2.05) is 6.07 Å². The van der Waals surface area contributed by atoms with E-state index in [1.54, 1.807) is 30.0 Å². The first-order valence-corrected chi connectivity index (χ1v) is 6.69. The molecule has 0 atom stereocenters. The summed E-state index contributed by atoms with van der Waals surface area (Å²) < 4.78 is 10.0. The Balaban J connectivity index is 2.14. The molecule has 0 aliphatic rings. The van der Waals surface area contributed by atoms with E-state index in [1.165, 1.54) is 7.11 Å². The molecule has 0 aliphatic heterocycles. The largest absolute Gasteiger partial charge is 0.493 e. The van der Waals surface area contributed by atoms with Crippen molar-refractivity contribution in [2.45, 2.75) is 6.42 Å². The first-order chi connectivity index (χ1) is 8.76. The van der Waals surface area contributed by atoms with Crippen LogP contribution in [0.3, 0.4) is 0 Å². The number of esters is 1. The molecule has 0 amide bonds. The van der Waals surface area contributed by atoms with Crippen molar-refractivity contribution in [1.82, 2.24) is 0 Å². The second-order valence-electron chi connectivity index (χ2n) is 3.43. The second kappa shape index (κ2) is 8.43. The van der Waals surface area contributed by atoms with Gasteiger partial charge in [0.2, 0.25) is 0 Å². The standard InChI is InChI=1S/C13H15NO3S/c1-16-13(15)5-7-18-8-6-17-12-4-2-3-11(9-12)10-14/h2-4,9H,5-8H2,1H3. The molecule has 0 radical (unpaired) electrons. The van der Waals surface area contributed by atoms with Crippen LogP contribution in [0.25, 0.3) is 0 Å². The normalized spacial score (nSPS) is 9.56. The number of carbonyl (C=O) groups excluding carboxylic acids is 1. The molecule has 0 aliphatic carbocycles. The second-order valence-corrected chi connectivity index (χ2v) is 4.65. The first-order valence-electron chi connectivity index (χ1n) is 5.54. The average molecular weight is 265 g/mol. The molecule has 0 unspecified atom stereocenters. The lowest BCUT2D eigenvalue weighted by Gasteiger charge is -2.05. The van der Waals surface area contributed by atoms with Gasteiger partial charge in [-0.25, -0.2) is 0 Å². The van der Waals surface area contributed by atoms with Crippen molar-refractivity contribution >= 4 is 17.7 Å². The fraction of sp³-hybridized carbons (Fsp3) is 0.385. The van der Waals surface area contributed by atoms with Crippen LogP contribution in [0.5, 0.6) is 5.75 Å². The van der Waals surface area contributed by atoms with Crippen LogP contribution < -0.4 is 4.74 Å². The molecule has 5 heteroatoms. The Morgan fingerprint density at radius 1 is 1.44 bits per heavy atom. The zero-order valence-electron chi connectivity index (χ0n) is 10.2. The van der Waals surface area contributed by atoms with E-state index in [-0.39, 0.29) is 5.97 Å². The fourth-order valence-electron chi connectivity index (χ4n) is 1.23. The van der Waals surface area contributed by atoms with Crippen molar-refractivity contribution in [3.63, 3.8) is 0 Å². The molecule has 0 spiro atoms. The highest BCUT2D eigenvalue weighted by molar-refractivity contribution is 7.99. The van der Waals surface area contributed by atoms with E-state index in [9.17, 15) is 4.79 Å². The van der Waals surface area contributed by atoms with Crippen LogP contribution >= 0.6 is 11.8 Å². The van der Waals surface area contributed by atoms with Gasteiger partial charge in [0.05, 0.1) is 31.8 Å². The van der Waals surface area contributed by atoms with Gasteiger partial charge in [0, 0.05) is 11.5 Å². The molecule has 1 aromatic carbocycles. The number of rotatable bonds is 7. The summed E-state index contributed by atoms with van der Waals surface area (Å²) in [5.41, 5.74) is 0.589. The Morgan fingerprint density at radius 3 is 3.00 bits per heavy atom. The summed E-state index contributed by atoms with van der Waals surface area (Å²) in [6.07, 6.45) is 0.422. The van der Waals surface area contributed by atoms with Crippen molar-refractivity contribution in [1.29, 1.82) is 5.26 Å². The number of nitrogens with zero attached hydrogens (tertiary/aromatic N) is 1. The molecule has 1 rings (SSSR count). The summed E-state index contributed by atoms with van der Waals surface area (Å²) in [7, 11) is 1.39. The van der Waals surface area contributed by atoms with Crippen LogP contribution in [-0.4, -0.2) is 31.2 Å². The molecule has 0 heterocycles. The van der Waals surface area contributed by atoms with Crippen molar-refractivity contribution in [2.75, 3.05) is 25.2 Å². The summed E-state index contributed by atoms with van der Waals surface area (Å²) in [5, 5.41) is 8.73. The topological polar surface area (TPSA) is 59.3 Å². The molecule has 18 heavy (non-hydrogen) atoms. The number of benzene rings is 1. The highest BCUT2D eigenvalue weighted by atomic mass is 32.2. The van der Waals surface area contributed by atoms with E-state index < -0.39 is 0 Å². The van der Waals surface area contributed by atoms with Gasteiger partial charge in [0.25, 0.3) is 0 Å². The van der Waals surface area contributed by atoms with E-state index in [0.29, 0.717) is 24.3 Å². The van der Waals surface area contributed by atoms with Gasteiger partial charge in [-0.2, -0.15) is 17.0 Å². The smallest absolute Gasteiger partial charge is 0.306 e. The third-order valence-corrected chi connectivity index (χ3v) is 3.09. The Morgan fingerprint density at radius 2 is 2.28 bits per heavy atom. The Labute approximate surface area is 111 Å². The summed E-state index contributed by atoms with van der Waals surface area (Å²) in [4.78, 5) is 10.8. The van der Waals surface area contributed by atoms with Gasteiger partial charge >= 0.3 is 5.97 Å². The minimum Gasteiger partial charge on any atom is -0.493 e. The van der Waals surface area contributed by atoms with Crippen LogP contribution in [-0.2, 0) is 9.53 Å². The molecular formula is C13H15NO3S. The van der Waals surface area contributed by atoms with Crippen molar-refractivity contribution in [3.05, 3.63) is 29.8 Å². The maximum Gasteiger partial charge on any atom is 0.306 e. The van der Waals surface area contributed by atoms with Gasteiger partial charge in [0.15, 0.2) is 0 Å². The third-order valence-electron chi connectivity index (χ3n) is 2.14. The molecule has 0 N–H and O–H groups in total. The maximum absolute atomic E-state index is 10.8. The molecule has 96 valence electrons. The molecule has 1 aromatic rings. The summed E-state index contributed by atoms with van der Waals surface area (Å²) in [6, 6.07) is 9.11. The van der Waals surface area contributed by atoms with Gasteiger partial charge in [-0.3, -0.25) is 4.79 Å². The van der Waals surface area contributed by atoms with Crippen LogP contribution in [0.4, 0.5) is 0 Å². The lowest BCUT2D eigenvalue weighted by molar-refractivity contribution is -0.140. The van der Waals surface area contributed by atoms with Crippen molar-refractivity contribution in [3.8, 4) is 11.8 Å². The Hall–Kier alpha value is -1.67. The van der Waals surface area contributed by atoms with Crippen LogP contribution in [0, 0.1) is 11.3 Å². The molecule has 4 nitrogen and oxygen atoms in total. The van der Waals surface area contributed by atoms with Crippen LogP contribution in [0.2, 0.25) is 0 Å². The predicted octanol–water partition coefficient (Wildman–Crippen LogP) is 2.23. The van der Waals surface area contributed by atoms with Gasteiger partial charge in [0.1, 0.15) is 5.75 Å². The monoisotopic (exact) mass is 265 g/mol. The first kappa shape index (κ1) is 14.4. The summed E-state index contributed by atoms with van der Waals surface area (Å²) >= 11 is 1.64. The minimum absolute atomic E-state index is 0.190. The number of ether oxygens (including phenoxy) is 2. The fourth-order valence-corrected chi connectivity index (χ4v) is 1.95. The lowest BCUT2D eigenvalue weighted by atomic mass is 10.2. The zero-order valence-corrected chi connectivity index (χ0v) is 11.0. The van der Waals surface area contributed by atoms with Crippen LogP contribution in [0.15, 0.2) is 24.3 Å². The summed E-state index contributed by atoms with van der Waals surface area (Å²) in [6.45, 7) is 0.556. The van der Waals surface area contributed by atoms with Crippen molar-refractivity contribution in [2.24, 2.45) is 0 Å². The Bertz CT molecular complexity index is 428. The van der Waals surface area contributed by atoms with Gasteiger partial charge < -0.3 is 9.47 Å². The molecule has 0 fully saturated rings. The SMILES string of the molecule is COC(=O)CCSCCOc1cccc(C#N)c1. The highest BCUT2D eigenvalue weighted by Gasteiger charge is 2.00. The molecule has 0 saturated carbocycles. The number of nitriles is 1. The average Bonchev–Trinajstić information content (AvgIpc) is 2.42. The van der Waals surface area contributed by atoms with Crippen molar-refractivity contribution < 1.29 is 14.3 Å². The molecule has 0 saturated heterocycles.